The van der Waals surface area contributed by atoms with Crippen molar-refractivity contribution in [3.8, 4) is 0 Å². The van der Waals surface area contributed by atoms with Gasteiger partial charge in [0, 0.05) is 31.0 Å². The quantitative estimate of drug-likeness (QED) is 0.910. The fourth-order valence-electron chi connectivity index (χ4n) is 3.35. The van der Waals surface area contributed by atoms with E-state index in [-0.39, 0.29) is 18.7 Å². The van der Waals surface area contributed by atoms with Gasteiger partial charge < -0.3 is 20.0 Å². The molecule has 116 valence electrons. The van der Waals surface area contributed by atoms with E-state index in [1.807, 2.05) is 73.6 Å². The van der Waals surface area contributed by atoms with Crippen LogP contribution in [0.2, 0.25) is 0 Å². The zero-order valence-electron chi connectivity index (χ0n) is 12.9. The van der Waals surface area contributed by atoms with Gasteiger partial charge in [-0.05, 0) is 18.2 Å². The highest BCUT2D eigenvalue weighted by Gasteiger charge is 2.40. The number of hydrogen-bond acceptors (Lipinski definition) is 4. The van der Waals surface area contributed by atoms with E-state index in [1.165, 1.54) is 0 Å². The summed E-state index contributed by atoms with van der Waals surface area (Å²) < 4.78 is 0. The molecule has 0 saturated carbocycles. The minimum atomic E-state index is -0.671. The third-order valence-corrected chi connectivity index (χ3v) is 4.62. The topological polar surface area (TPSA) is 46.9 Å². The van der Waals surface area contributed by atoms with Crippen molar-refractivity contribution >= 4 is 11.4 Å². The minimum absolute atomic E-state index is 0.0782. The van der Waals surface area contributed by atoms with Gasteiger partial charge in [-0.2, -0.15) is 0 Å². The first-order valence-corrected chi connectivity index (χ1v) is 7.53. The van der Waals surface area contributed by atoms with Crippen molar-refractivity contribution < 1.29 is 10.2 Å². The Morgan fingerprint density at radius 3 is 2.36 bits per heavy atom. The first-order valence-electron chi connectivity index (χ1n) is 7.53. The second-order valence-corrected chi connectivity index (χ2v) is 5.80. The number of para-hydroxylation sites is 2. The van der Waals surface area contributed by atoms with Crippen LogP contribution in [-0.4, -0.2) is 43.1 Å². The van der Waals surface area contributed by atoms with E-state index in [4.69, 9.17) is 0 Å². The number of aliphatic hydroxyl groups is 2. The Labute approximate surface area is 131 Å². The van der Waals surface area contributed by atoms with Crippen LogP contribution in [0, 0.1) is 0 Å². The maximum atomic E-state index is 10.8. The van der Waals surface area contributed by atoms with Crippen LogP contribution in [0.15, 0.2) is 54.6 Å². The molecule has 4 nitrogen and oxygen atoms in total. The number of nitrogens with zero attached hydrogens (tertiary/aromatic N) is 2. The van der Waals surface area contributed by atoms with Crippen LogP contribution in [0.1, 0.15) is 11.6 Å². The van der Waals surface area contributed by atoms with Gasteiger partial charge in [-0.3, -0.25) is 0 Å². The summed E-state index contributed by atoms with van der Waals surface area (Å²) >= 11 is 0. The SMILES string of the molecule is CN1c2ccccc2C(N(C)c2ccccc2)C(O)C1CO. The summed E-state index contributed by atoms with van der Waals surface area (Å²) in [5.74, 6) is 0. The summed E-state index contributed by atoms with van der Waals surface area (Å²) in [6, 6.07) is 17.6. The molecular weight excluding hydrogens is 276 g/mol. The van der Waals surface area contributed by atoms with Gasteiger partial charge in [0.15, 0.2) is 0 Å². The monoisotopic (exact) mass is 298 g/mol. The summed E-state index contributed by atoms with van der Waals surface area (Å²) in [6.45, 7) is -0.0782. The molecule has 4 heteroatoms. The van der Waals surface area contributed by atoms with Crippen LogP contribution in [0.3, 0.4) is 0 Å². The predicted octanol–water partition coefficient (Wildman–Crippen LogP) is 2.04. The summed E-state index contributed by atoms with van der Waals surface area (Å²) in [7, 11) is 3.90. The normalized spacial score (nSPS) is 24.0. The lowest BCUT2D eigenvalue weighted by Crippen LogP contribution is -2.54. The highest BCUT2D eigenvalue weighted by Crippen LogP contribution is 2.40. The summed E-state index contributed by atoms with van der Waals surface area (Å²) in [4.78, 5) is 4.05. The number of anilines is 2. The average molecular weight is 298 g/mol. The number of likely N-dealkylation sites (N-methyl/N-ethyl adjacent to an activating group) is 2. The van der Waals surface area contributed by atoms with Gasteiger partial charge in [-0.1, -0.05) is 36.4 Å². The zero-order chi connectivity index (χ0) is 15.7. The molecule has 1 aliphatic rings. The zero-order valence-corrected chi connectivity index (χ0v) is 12.9. The minimum Gasteiger partial charge on any atom is -0.394 e. The first kappa shape index (κ1) is 14.9. The molecule has 2 N–H and O–H groups in total. The van der Waals surface area contributed by atoms with Crippen molar-refractivity contribution in [2.45, 2.75) is 18.2 Å². The smallest absolute Gasteiger partial charge is 0.101 e. The van der Waals surface area contributed by atoms with Crippen molar-refractivity contribution in [3.63, 3.8) is 0 Å². The van der Waals surface area contributed by atoms with Gasteiger partial charge in [-0.25, -0.2) is 0 Å². The second kappa shape index (κ2) is 5.99. The van der Waals surface area contributed by atoms with Gasteiger partial charge in [0.2, 0.25) is 0 Å². The Morgan fingerprint density at radius 1 is 1.05 bits per heavy atom. The molecule has 0 bridgehead atoms. The fraction of sp³-hybridized carbons (Fsp3) is 0.333. The highest BCUT2D eigenvalue weighted by atomic mass is 16.3. The molecule has 0 saturated heterocycles. The van der Waals surface area contributed by atoms with E-state index in [1.54, 1.807) is 0 Å². The molecule has 2 aromatic carbocycles. The van der Waals surface area contributed by atoms with E-state index in [9.17, 15) is 10.2 Å². The number of rotatable bonds is 3. The number of fused-ring (bicyclic) bond motifs is 1. The average Bonchev–Trinajstić information content (AvgIpc) is 2.56. The van der Waals surface area contributed by atoms with Gasteiger partial charge in [0.25, 0.3) is 0 Å². The van der Waals surface area contributed by atoms with Crippen LogP contribution < -0.4 is 9.80 Å². The standard InChI is InChI=1S/C18H22N2O2/c1-19(13-8-4-3-5-9-13)17-14-10-6-7-11-15(14)20(2)16(12-21)18(17)22/h3-11,16-18,21-22H,12H2,1-2H3. The van der Waals surface area contributed by atoms with E-state index in [2.05, 4.69) is 4.90 Å². The molecule has 0 radical (unpaired) electrons. The lowest BCUT2D eigenvalue weighted by molar-refractivity contribution is 0.0771. The third-order valence-electron chi connectivity index (χ3n) is 4.62. The molecule has 0 spiro atoms. The highest BCUT2D eigenvalue weighted by molar-refractivity contribution is 5.62. The summed E-state index contributed by atoms with van der Waals surface area (Å²) in [5.41, 5.74) is 3.18. The van der Waals surface area contributed by atoms with E-state index < -0.39 is 6.10 Å². The number of hydrogen-bond donors (Lipinski definition) is 2. The second-order valence-electron chi connectivity index (χ2n) is 5.80. The maximum absolute atomic E-state index is 10.8. The van der Waals surface area contributed by atoms with Crippen molar-refractivity contribution in [1.82, 2.24) is 0 Å². The van der Waals surface area contributed by atoms with Crippen molar-refractivity contribution in [3.05, 3.63) is 60.2 Å². The van der Waals surface area contributed by atoms with Crippen LogP contribution >= 0.6 is 0 Å². The van der Waals surface area contributed by atoms with Crippen LogP contribution in [0.25, 0.3) is 0 Å². The lowest BCUT2D eigenvalue weighted by Gasteiger charge is -2.46. The molecule has 0 aliphatic carbocycles. The molecule has 2 aromatic rings. The van der Waals surface area contributed by atoms with E-state index >= 15 is 0 Å². The molecule has 22 heavy (non-hydrogen) atoms. The van der Waals surface area contributed by atoms with Crippen molar-refractivity contribution in [2.24, 2.45) is 0 Å². The third kappa shape index (κ3) is 2.34. The Morgan fingerprint density at radius 2 is 1.68 bits per heavy atom. The summed E-state index contributed by atoms with van der Waals surface area (Å²) in [6.07, 6.45) is -0.671. The molecule has 3 unspecified atom stereocenters. The van der Waals surface area contributed by atoms with Gasteiger partial charge in [0.05, 0.1) is 18.7 Å². The largest absolute Gasteiger partial charge is 0.394 e. The van der Waals surface area contributed by atoms with Crippen molar-refractivity contribution in [2.75, 3.05) is 30.5 Å². The molecule has 1 aliphatic heterocycles. The Kier molecular flexibility index (Phi) is 4.05. The fourth-order valence-corrected chi connectivity index (χ4v) is 3.35. The van der Waals surface area contributed by atoms with E-state index in [0.29, 0.717) is 0 Å². The summed E-state index contributed by atoms with van der Waals surface area (Å²) in [5, 5.41) is 20.5. The lowest BCUT2D eigenvalue weighted by atomic mass is 9.88. The number of benzene rings is 2. The Hall–Kier alpha value is -2.04. The molecule has 1 heterocycles. The number of aliphatic hydroxyl groups excluding tert-OH is 2. The van der Waals surface area contributed by atoms with Gasteiger partial charge in [-0.15, -0.1) is 0 Å². The van der Waals surface area contributed by atoms with Crippen molar-refractivity contribution in [1.29, 1.82) is 0 Å². The molecule has 3 rings (SSSR count). The Bertz CT molecular complexity index is 632. The van der Waals surface area contributed by atoms with E-state index in [0.717, 1.165) is 16.9 Å². The molecule has 0 amide bonds. The van der Waals surface area contributed by atoms with Gasteiger partial charge >= 0.3 is 0 Å². The molecule has 3 atom stereocenters. The first-order chi connectivity index (χ1) is 10.6. The predicted molar refractivity (Wildman–Crippen MR) is 89.3 cm³/mol. The molecule has 0 fully saturated rings. The Balaban J connectivity index is 2.07. The maximum Gasteiger partial charge on any atom is 0.101 e. The molecule has 0 aromatic heterocycles. The van der Waals surface area contributed by atoms with Crippen LogP contribution in [0.5, 0.6) is 0 Å². The van der Waals surface area contributed by atoms with Crippen LogP contribution in [0.4, 0.5) is 11.4 Å². The molecular formula is C18H22N2O2. The van der Waals surface area contributed by atoms with Crippen LogP contribution in [-0.2, 0) is 0 Å². The van der Waals surface area contributed by atoms with Gasteiger partial charge in [0.1, 0.15) is 6.10 Å².